The van der Waals surface area contributed by atoms with E-state index in [-0.39, 0.29) is 5.92 Å². The lowest BCUT2D eigenvalue weighted by molar-refractivity contribution is -0.127. The summed E-state index contributed by atoms with van der Waals surface area (Å²) in [6, 6.07) is 0.903. The molecule has 0 radical (unpaired) electrons. The van der Waals surface area contributed by atoms with E-state index in [0.717, 1.165) is 44.1 Å². The zero-order valence-electron chi connectivity index (χ0n) is 12.0. The van der Waals surface area contributed by atoms with Crippen LogP contribution in [0.25, 0.3) is 0 Å². The highest BCUT2D eigenvalue weighted by molar-refractivity contribution is 5.79. The Balaban J connectivity index is 1.83. The monoisotopic (exact) mass is 252 g/mol. The van der Waals surface area contributed by atoms with Crippen molar-refractivity contribution in [1.82, 2.24) is 10.6 Å². The summed E-state index contributed by atoms with van der Waals surface area (Å²) >= 11 is 0. The maximum absolute atomic E-state index is 12.3. The van der Waals surface area contributed by atoms with E-state index >= 15 is 0 Å². The fraction of sp³-hybridized carbons (Fsp3) is 0.933. The molecular weight excluding hydrogens is 224 g/mol. The van der Waals surface area contributed by atoms with Crippen molar-refractivity contribution in [3.05, 3.63) is 0 Å². The highest BCUT2D eigenvalue weighted by Crippen LogP contribution is 2.29. The summed E-state index contributed by atoms with van der Waals surface area (Å²) in [5, 5.41) is 6.71. The van der Waals surface area contributed by atoms with Gasteiger partial charge < -0.3 is 10.6 Å². The lowest BCUT2D eigenvalue weighted by atomic mass is 9.80. The van der Waals surface area contributed by atoms with Crippen molar-refractivity contribution in [2.75, 3.05) is 6.54 Å². The number of amides is 1. The van der Waals surface area contributed by atoms with Gasteiger partial charge in [-0.2, -0.15) is 0 Å². The minimum atomic E-state index is 0.230. The smallest absolute Gasteiger partial charge is 0.223 e. The molecule has 3 nitrogen and oxygen atoms in total. The first-order valence-electron chi connectivity index (χ1n) is 7.58. The van der Waals surface area contributed by atoms with Crippen molar-refractivity contribution in [3.8, 4) is 0 Å². The van der Waals surface area contributed by atoms with E-state index in [9.17, 15) is 4.79 Å². The second kappa shape index (κ2) is 6.05. The number of rotatable bonds is 2. The third-order valence-electron chi connectivity index (χ3n) is 4.52. The van der Waals surface area contributed by atoms with Gasteiger partial charge in [0, 0.05) is 18.0 Å². The zero-order valence-corrected chi connectivity index (χ0v) is 12.0. The van der Waals surface area contributed by atoms with Gasteiger partial charge in [0.25, 0.3) is 0 Å². The van der Waals surface area contributed by atoms with Gasteiger partial charge in [-0.15, -0.1) is 0 Å². The number of piperidine rings is 1. The molecule has 0 aromatic rings. The second-order valence-electron chi connectivity index (χ2n) is 6.70. The number of nitrogens with one attached hydrogen (secondary N) is 2. The summed E-state index contributed by atoms with van der Waals surface area (Å²) in [6.07, 6.45) is 5.63. The number of carbonyl (C=O) groups excluding carboxylic acids is 1. The average Bonchev–Trinajstić information content (AvgIpc) is 2.27. The molecule has 2 fully saturated rings. The first-order chi connectivity index (χ1) is 8.54. The van der Waals surface area contributed by atoms with Crippen molar-refractivity contribution >= 4 is 5.91 Å². The van der Waals surface area contributed by atoms with Gasteiger partial charge in [0.1, 0.15) is 0 Å². The van der Waals surface area contributed by atoms with Gasteiger partial charge in [-0.05, 0) is 57.4 Å². The van der Waals surface area contributed by atoms with Crippen molar-refractivity contribution in [2.45, 2.75) is 65.0 Å². The van der Waals surface area contributed by atoms with Crippen LogP contribution in [0, 0.1) is 17.8 Å². The Labute approximate surface area is 111 Å². The topological polar surface area (TPSA) is 41.1 Å². The second-order valence-corrected chi connectivity index (χ2v) is 6.70. The summed E-state index contributed by atoms with van der Waals surface area (Å²) < 4.78 is 0. The van der Waals surface area contributed by atoms with Crippen LogP contribution in [0.2, 0.25) is 0 Å². The van der Waals surface area contributed by atoms with E-state index < -0.39 is 0 Å². The molecule has 0 aromatic heterocycles. The molecule has 4 atom stereocenters. The molecule has 18 heavy (non-hydrogen) atoms. The first-order valence-corrected chi connectivity index (χ1v) is 7.58. The molecule has 1 heterocycles. The van der Waals surface area contributed by atoms with E-state index in [2.05, 4.69) is 31.4 Å². The number of carbonyl (C=O) groups is 1. The van der Waals surface area contributed by atoms with Gasteiger partial charge in [0.15, 0.2) is 0 Å². The SMILES string of the molecule is CC1CC(C)CC(NC(=O)C2CCNC(C)C2)C1. The Bertz CT molecular complexity index is 282. The minimum Gasteiger partial charge on any atom is -0.353 e. The van der Waals surface area contributed by atoms with Crippen molar-refractivity contribution in [2.24, 2.45) is 17.8 Å². The number of hydrogen-bond donors (Lipinski definition) is 2. The van der Waals surface area contributed by atoms with E-state index in [1.165, 1.54) is 6.42 Å². The molecule has 104 valence electrons. The van der Waals surface area contributed by atoms with Gasteiger partial charge in [-0.1, -0.05) is 13.8 Å². The molecule has 2 rings (SSSR count). The molecule has 1 saturated carbocycles. The molecule has 1 amide bonds. The van der Waals surface area contributed by atoms with E-state index in [0.29, 0.717) is 18.0 Å². The van der Waals surface area contributed by atoms with E-state index in [1.54, 1.807) is 0 Å². The molecule has 0 aromatic carbocycles. The summed E-state index contributed by atoms with van der Waals surface area (Å²) in [4.78, 5) is 12.3. The maximum Gasteiger partial charge on any atom is 0.223 e. The third kappa shape index (κ3) is 3.71. The minimum absolute atomic E-state index is 0.230. The van der Waals surface area contributed by atoms with Crippen LogP contribution in [-0.4, -0.2) is 24.5 Å². The van der Waals surface area contributed by atoms with Crippen molar-refractivity contribution < 1.29 is 4.79 Å². The molecule has 0 spiro atoms. The molecule has 1 aliphatic heterocycles. The summed E-state index contributed by atoms with van der Waals surface area (Å²) in [6.45, 7) is 7.77. The molecular formula is C15H28N2O. The van der Waals surface area contributed by atoms with Gasteiger partial charge in [-0.3, -0.25) is 4.79 Å². The van der Waals surface area contributed by atoms with E-state index in [1.807, 2.05) is 0 Å². The molecule has 2 N–H and O–H groups in total. The van der Waals surface area contributed by atoms with Crippen LogP contribution >= 0.6 is 0 Å². The summed E-state index contributed by atoms with van der Waals surface area (Å²) in [5.74, 6) is 2.04. The Kier molecular flexibility index (Phi) is 4.66. The largest absolute Gasteiger partial charge is 0.353 e. The van der Waals surface area contributed by atoms with Gasteiger partial charge >= 0.3 is 0 Å². The van der Waals surface area contributed by atoms with Crippen LogP contribution in [0.5, 0.6) is 0 Å². The Morgan fingerprint density at radius 2 is 1.72 bits per heavy atom. The van der Waals surface area contributed by atoms with Crippen LogP contribution < -0.4 is 10.6 Å². The average molecular weight is 252 g/mol. The van der Waals surface area contributed by atoms with Crippen LogP contribution in [0.1, 0.15) is 52.9 Å². The first kappa shape index (κ1) is 13.9. The van der Waals surface area contributed by atoms with Gasteiger partial charge in [-0.25, -0.2) is 0 Å². The Morgan fingerprint density at radius 1 is 1.06 bits per heavy atom. The quantitative estimate of drug-likeness (QED) is 0.792. The van der Waals surface area contributed by atoms with Crippen molar-refractivity contribution in [1.29, 1.82) is 0 Å². The zero-order chi connectivity index (χ0) is 13.1. The predicted molar refractivity (Wildman–Crippen MR) is 74.3 cm³/mol. The molecule has 4 unspecified atom stereocenters. The van der Waals surface area contributed by atoms with Gasteiger partial charge in [0.05, 0.1) is 0 Å². The van der Waals surface area contributed by atoms with Crippen molar-refractivity contribution in [3.63, 3.8) is 0 Å². The fourth-order valence-electron chi connectivity index (χ4n) is 3.75. The normalized spacial score (nSPS) is 41.4. The maximum atomic E-state index is 12.3. The number of hydrogen-bond acceptors (Lipinski definition) is 2. The van der Waals surface area contributed by atoms with Crippen LogP contribution in [-0.2, 0) is 4.79 Å². The van der Waals surface area contributed by atoms with Crippen LogP contribution in [0.3, 0.4) is 0 Å². The predicted octanol–water partition coefficient (Wildman–Crippen LogP) is 2.32. The molecule has 2 aliphatic rings. The van der Waals surface area contributed by atoms with E-state index in [4.69, 9.17) is 0 Å². The lowest BCUT2D eigenvalue weighted by Gasteiger charge is -2.34. The Hall–Kier alpha value is -0.570. The van der Waals surface area contributed by atoms with Gasteiger partial charge in [0.2, 0.25) is 5.91 Å². The standard InChI is InChI=1S/C15H28N2O/c1-10-6-11(2)8-14(7-10)17-15(18)13-4-5-16-12(3)9-13/h10-14,16H,4-9H2,1-3H3,(H,17,18). The highest BCUT2D eigenvalue weighted by Gasteiger charge is 2.29. The van der Waals surface area contributed by atoms with Crippen LogP contribution in [0.4, 0.5) is 0 Å². The molecule has 3 heteroatoms. The highest BCUT2D eigenvalue weighted by atomic mass is 16.1. The molecule has 1 aliphatic carbocycles. The third-order valence-corrected chi connectivity index (χ3v) is 4.52. The fourth-order valence-corrected chi connectivity index (χ4v) is 3.75. The lowest BCUT2D eigenvalue weighted by Crippen LogP contribution is -2.47. The molecule has 1 saturated heterocycles. The summed E-state index contributed by atoms with van der Waals surface area (Å²) in [5.41, 5.74) is 0. The Morgan fingerprint density at radius 3 is 2.33 bits per heavy atom. The summed E-state index contributed by atoms with van der Waals surface area (Å²) in [7, 11) is 0. The molecule has 0 bridgehead atoms. The van der Waals surface area contributed by atoms with Crippen LogP contribution in [0.15, 0.2) is 0 Å².